The van der Waals surface area contributed by atoms with Gasteiger partial charge in [0.25, 0.3) is 0 Å². The first-order valence-electron chi connectivity index (χ1n) is 5.05. The molecule has 0 saturated carbocycles. The smallest absolute Gasteiger partial charge is 0.230 e. The number of quaternary nitrogens is 1. The highest BCUT2D eigenvalue weighted by molar-refractivity contribution is 7.16. The maximum atomic E-state index is 11.8. The third-order valence-corrected chi connectivity index (χ3v) is 3.69. The summed E-state index contributed by atoms with van der Waals surface area (Å²) in [5.41, 5.74) is -0.314. The molecule has 0 spiro atoms. The first-order valence-corrected chi connectivity index (χ1v) is 5.86. The fourth-order valence-electron chi connectivity index (χ4n) is 1.71. The van der Waals surface area contributed by atoms with E-state index in [-0.39, 0.29) is 23.1 Å². The average molecular weight is 216 g/mol. The third kappa shape index (κ3) is 2.04. The second-order valence-electron chi connectivity index (χ2n) is 4.69. The molecule has 1 rings (SSSR count). The largest absolute Gasteiger partial charge is 0.325 e. The molecule has 80 valence electrons. The van der Waals surface area contributed by atoms with Gasteiger partial charge in [-0.2, -0.15) is 0 Å². The Balaban J connectivity index is 2.73. The summed E-state index contributed by atoms with van der Waals surface area (Å²) in [5, 5.41) is 0. The van der Waals surface area contributed by atoms with Gasteiger partial charge in [0.1, 0.15) is 0 Å². The molecule has 4 heteroatoms. The minimum atomic E-state index is -0.314. The number of amides is 2. The summed E-state index contributed by atoms with van der Waals surface area (Å²) < 4.78 is 0. The Morgan fingerprint density at radius 1 is 1.64 bits per heavy atom. The van der Waals surface area contributed by atoms with Gasteiger partial charge in [0, 0.05) is 6.42 Å². The molecule has 1 aliphatic heterocycles. The highest BCUT2D eigenvalue weighted by atomic mass is 31.0. The highest BCUT2D eigenvalue weighted by Crippen LogP contribution is 2.21. The van der Waals surface area contributed by atoms with Crippen molar-refractivity contribution in [3.8, 4) is 0 Å². The first kappa shape index (κ1) is 11.8. The summed E-state index contributed by atoms with van der Waals surface area (Å²) in [7, 11) is 2.55. The lowest BCUT2D eigenvalue weighted by atomic mass is 9.92. The summed E-state index contributed by atoms with van der Waals surface area (Å²) in [6.45, 7) is 6.38. The van der Waals surface area contributed by atoms with Crippen LogP contribution in [0.5, 0.6) is 0 Å². The predicted octanol–water partition coefficient (Wildman–Crippen LogP) is -0.134. The predicted molar refractivity (Wildman–Crippen MR) is 58.0 cm³/mol. The van der Waals surface area contributed by atoms with Crippen LogP contribution in [0, 0.1) is 11.3 Å². The Labute approximate surface area is 87.4 Å². The van der Waals surface area contributed by atoms with E-state index in [0.29, 0.717) is 11.4 Å². The van der Waals surface area contributed by atoms with E-state index in [1.54, 1.807) is 0 Å². The molecule has 0 aliphatic carbocycles. The summed E-state index contributed by atoms with van der Waals surface area (Å²) in [5.74, 6) is 0.0798. The molecule has 1 saturated heterocycles. The number of imide groups is 1. The molecule has 0 bridgehead atoms. The quantitative estimate of drug-likeness (QED) is 0.653. The van der Waals surface area contributed by atoms with E-state index in [0.717, 1.165) is 12.6 Å². The molecule has 2 unspecified atom stereocenters. The van der Waals surface area contributed by atoms with Crippen LogP contribution in [0.3, 0.4) is 0 Å². The van der Waals surface area contributed by atoms with Crippen LogP contribution < -0.4 is 4.90 Å². The summed E-state index contributed by atoms with van der Waals surface area (Å²) in [4.78, 5) is 24.2. The Bertz CT molecular complexity index is 263. The third-order valence-electron chi connectivity index (χ3n) is 2.99. The molecule has 0 radical (unpaired) electrons. The monoisotopic (exact) mass is 216 g/mol. The van der Waals surface area contributed by atoms with Gasteiger partial charge in [0.15, 0.2) is 0 Å². The molecule has 14 heavy (non-hydrogen) atoms. The molecule has 0 aromatic carbocycles. The van der Waals surface area contributed by atoms with E-state index in [1.165, 1.54) is 0 Å². The zero-order chi connectivity index (χ0) is 10.9. The first-order chi connectivity index (χ1) is 6.40. The van der Waals surface area contributed by atoms with Gasteiger partial charge in [-0.05, 0) is 26.9 Å². The van der Waals surface area contributed by atoms with E-state index < -0.39 is 0 Å². The zero-order valence-corrected chi connectivity index (χ0v) is 10.2. The molecule has 1 N–H and O–H groups in total. The van der Waals surface area contributed by atoms with Gasteiger partial charge in [-0.1, -0.05) is 0 Å². The molecule has 3 nitrogen and oxygen atoms in total. The number of likely N-dealkylation sites (tertiary alicyclic amines) is 1. The van der Waals surface area contributed by atoms with Crippen molar-refractivity contribution in [1.82, 2.24) is 0 Å². The van der Waals surface area contributed by atoms with Crippen molar-refractivity contribution in [2.75, 3.05) is 12.7 Å². The van der Waals surface area contributed by atoms with Crippen LogP contribution in [0.4, 0.5) is 0 Å². The summed E-state index contributed by atoms with van der Waals surface area (Å²) >= 11 is 0. The number of hydrogen-bond donors (Lipinski definition) is 1. The van der Waals surface area contributed by atoms with Gasteiger partial charge in [0.05, 0.1) is 17.9 Å². The van der Waals surface area contributed by atoms with Crippen molar-refractivity contribution in [3.05, 3.63) is 0 Å². The van der Waals surface area contributed by atoms with Crippen molar-refractivity contribution in [3.63, 3.8) is 0 Å². The number of carbonyl (C=O) groups excluding carboxylic acids is 2. The van der Waals surface area contributed by atoms with Gasteiger partial charge in [0.2, 0.25) is 0 Å². The molecule has 1 aliphatic rings. The molecular weight excluding hydrogens is 197 g/mol. The van der Waals surface area contributed by atoms with Gasteiger partial charge in [-0.15, -0.1) is 9.24 Å². The van der Waals surface area contributed by atoms with Crippen molar-refractivity contribution in [1.29, 1.82) is 0 Å². The van der Waals surface area contributed by atoms with E-state index in [9.17, 15) is 9.59 Å². The molecule has 1 heterocycles. The van der Waals surface area contributed by atoms with Crippen LogP contribution in [-0.4, -0.2) is 24.5 Å². The summed E-state index contributed by atoms with van der Waals surface area (Å²) in [6.07, 6.45) is 1.55. The standard InChI is InChI=1S/C10H18NO2P/c1-7(6-14)8(12)11-5-4-10(2,3)9(11)13/h7H,4-6,14H2,1-3H3/p+1/t7-/m1/s1. The van der Waals surface area contributed by atoms with Crippen LogP contribution >= 0.6 is 9.24 Å². The van der Waals surface area contributed by atoms with Crippen molar-refractivity contribution < 1.29 is 14.5 Å². The number of nitrogens with one attached hydrogen (secondary N) is 1. The SMILES string of the molecule is C[C@H](CP)C(=O)[NH+]1CCC(C)(C)C1=O. The van der Waals surface area contributed by atoms with E-state index in [4.69, 9.17) is 0 Å². The second kappa shape index (κ2) is 4.08. The molecule has 0 aromatic heterocycles. The molecule has 0 aromatic rings. The van der Waals surface area contributed by atoms with Gasteiger partial charge in [-0.3, -0.25) is 0 Å². The Morgan fingerprint density at radius 2 is 2.21 bits per heavy atom. The van der Waals surface area contributed by atoms with Crippen molar-refractivity contribution in [2.45, 2.75) is 27.2 Å². The topological polar surface area (TPSA) is 38.6 Å². The molecule has 2 amide bonds. The van der Waals surface area contributed by atoms with Crippen LogP contribution in [0.1, 0.15) is 27.2 Å². The lowest BCUT2D eigenvalue weighted by Gasteiger charge is -2.14. The maximum absolute atomic E-state index is 11.8. The molecule has 1 fully saturated rings. The Hall–Kier alpha value is -0.270. The Kier molecular flexibility index (Phi) is 3.44. The van der Waals surface area contributed by atoms with Crippen LogP contribution in [0.15, 0.2) is 0 Å². The van der Waals surface area contributed by atoms with Gasteiger partial charge in [-0.25, -0.2) is 14.5 Å². The van der Waals surface area contributed by atoms with Gasteiger partial charge < -0.3 is 0 Å². The highest BCUT2D eigenvalue weighted by Gasteiger charge is 2.47. The fraction of sp³-hybridized carbons (Fsp3) is 0.800. The summed E-state index contributed by atoms with van der Waals surface area (Å²) in [6, 6.07) is 0. The number of rotatable bonds is 2. The maximum Gasteiger partial charge on any atom is 0.325 e. The van der Waals surface area contributed by atoms with E-state index in [1.807, 2.05) is 20.8 Å². The minimum absolute atomic E-state index is 0.0344. The van der Waals surface area contributed by atoms with Crippen molar-refractivity contribution >= 4 is 21.1 Å². The zero-order valence-electron chi connectivity index (χ0n) is 9.09. The average Bonchev–Trinajstić information content (AvgIpc) is 2.40. The molecular formula is C10H19NO2P+. The lowest BCUT2D eigenvalue weighted by molar-refractivity contribution is -0.731. The minimum Gasteiger partial charge on any atom is -0.230 e. The second-order valence-corrected chi connectivity index (χ2v) is 5.16. The fourth-order valence-corrected chi connectivity index (χ4v) is 1.93. The lowest BCUT2D eigenvalue weighted by Crippen LogP contribution is -3.16. The number of carbonyl (C=O) groups is 2. The normalized spacial score (nSPS) is 27.7. The van der Waals surface area contributed by atoms with Crippen molar-refractivity contribution in [2.24, 2.45) is 11.3 Å². The molecule has 3 atom stereocenters. The van der Waals surface area contributed by atoms with Gasteiger partial charge >= 0.3 is 11.8 Å². The van der Waals surface area contributed by atoms with Crippen LogP contribution in [0.2, 0.25) is 0 Å². The van der Waals surface area contributed by atoms with E-state index in [2.05, 4.69) is 9.24 Å². The van der Waals surface area contributed by atoms with E-state index >= 15 is 0 Å². The van der Waals surface area contributed by atoms with Crippen LogP contribution in [-0.2, 0) is 9.59 Å². The Morgan fingerprint density at radius 3 is 2.57 bits per heavy atom. The van der Waals surface area contributed by atoms with Crippen LogP contribution in [0.25, 0.3) is 0 Å². The number of hydrogen-bond acceptors (Lipinski definition) is 2.